The molecule has 0 bridgehead atoms. The number of pyridine rings is 2. The molecule has 0 saturated heterocycles. The molecule has 0 aliphatic carbocycles. The zero-order valence-electron chi connectivity index (χ0n) is 17.4. The first-order chi connectivity index (χ1) is 16.0. The van der Waals surface area contributed by atoms with E-state index in [1.165, 1.54) is 3.97 Å². The molecule has 0 aliphatic heterocycles. The lowest BCUT2D eigenvalue weighted by molar-refractivity contribution is 0.589. The van der Waals surface area contributed by atoms with E-state index >= 15 is 0 Å². The van der Waals surface area contributed by atoms with E-state index in [2.05, 4.69) is 15.3 Å². The highest BCUT2D eigenvalue weighted by Crippen LogP contribution is 2.34. The van der Waals surface area contributed by atoms with Crippen molar-refractivity contribution in [2.75, 3.05) is 5.32 Å². The summed E-state index contributed by atoms with van der Waals surface area (Å²) in [7, 11) is -3.83. The van der Waals surface area contributed by atoms with Crippen LogP contribution in [0, 0.1) is 0 Å². The molecular weight excluding hydrogens is 456 g/mol. The molecule has 5 rings (SSSR count). The van der Waals surface area contributed by atoms with E-state index in [9.17, 15) is 8.42 Å². The van der Waals surface area contributed by atoms with E-state index in [4.69, 9.17) is 11.6 Å². The number of benzene rings is 2. The zero-order valence-corrected chi connectivity index (χ0v) is 19.0. The molecule has 2 aromatic carbocycles. The summed E-state index contributed by atoms with van der Waals surface area (Å²) in [5.41, 5.74) is 2.90. The molecule has 6 nitrogen and oxygen atoms in total. The van der Waals surface area contributed by atoms with Crippen LogP contribution in [0.4, 0.5) is 5.82 Å². The molecule has 0 amide bonds. The number of nitrogens with one attached hydrogen (secondary N) is 1. The van der Waals surface area contributed by atoms with Crippen LogP contribution in [0.2, 0.25) is 5.15 Å². The average molecular weight is 475 g/mol. The van der Waals surface area contributed by atoms with Gasteiger partial charge in [0.2, 0.25) is 0 Å². The summed E-state index contributed by atoms with van der Waals surface area (Å²) in [5.74, 6) is 0.594. The van der Waals surface area contributed by atoms with Crippen LogP contribution in [0.15, 0.2) is 102 Å². The van der Waals surface area contributed by atoms with Gasteiger partial charge in [0.1, 0.15) is 11.0 Å². The predicted octanol–water partition coefficient (Wildman–Crippen LogP) is 5.60. The Balaban J connectivity index is 1.59. The van der Waals surface area contributed by atoms with Crippen LogP contribution in [0.1, 0.15) is 5.56 Å². The number of aromatic nitrogens is 3. The third-order valence-corrected chi connectivity index (χ3v) is 7.11. The van der Waals surface area contributed by atoms with Crippen LogP contribution >= 0.6 is 11.6 Å². The minimum Gasteiger partial charge on any atom is -0.366 e. The van der Waals surface area contributed by atoms with Crippen molar-refractivity contribution in [3.63, 3.8) is 0 Å². The molecule has 0 unspecified atom stereocenters. The average Bonchev–Trinajstić information content (AvgIpc) is 3.24. The third-order valence-electron chi connectivity index (χ3n) is 5.25. The molecule has 0 fully saturated rings. The summed E-state index contributed by atoms with van der Waals surface area (Å²) in [6.07, 6.45) is 3.17. The molecule has 3 heterocycles. The van der Waals surface area contributed by atoms with E-state index in [0.717, 1.165) is 11.1 Å². The summed E-state index contributed by atoms with van der Waals surface area (Å²) in [4.78, 5) is 8.92. The first kappa shape index (κ1) is 21.2. The van der Waals surface area contributed by atoms with Gasteiger partial charge in [0.05, 0.1) is 4.90 Å². The molecule has 0 spiro atoms. The van der Waals surface area contributed by atoms with E-state index in [1.54, 1.807) is 54.9 Å². The quantitative estimate of drug-likeness (QED) is 0.324. The van der Waals surface area contributed by atoms with Crippen LogP contribution < -0.4 is 5.32 Å². The van der Waals surface area contributed by atoms with Crippen molar-refractivity contribution < 1.29 is 8.42 Å². The summed E-state index contributed by atoms with van der Waals surface area (Å²) >= 11 is 6.33. The number of rotatable bonds is 6. The molecule has 0 aliphatic rings. The van der Waals surface area contributed by atoms with Gasteiger partial charge in [-0.3, -0.25) is 0 Å². The fourth-order valence-electron chi connectivity index (χ4n) is 3.68. The molecule has 3 aromatic heterocycles. The summed E-state index contributed by atoms with van der Waals surface area (Å²) in [6, 6.07) is 25.5. The Bertz CT molecular complexity index is 1540. The molecule has 5 aromatic rings. The van der Waals surface area contributed by atoms with Gasteiger partial charge in [-0.2, -0.15) is 0 Å². The van der Waals surface area contributed by atoms with Gasteiger partial charge in [-0.15, -0.1) is 0 Å². The Morgan fingerprint density at radius 2 is 1.64 bits per heavy atom. The highest BCUT2D eigenvalue weighted by Gasteiger charge is 2.22. The number of fused-ring (bicyclic) bond motifs is 1. The highest BCUT2D eigenvalue weighted by atomic mass is 35.5. The molecule has 1 N–H and O–H groups in total. The van der Waals surface area contributed by atoms with E-state index < -0.39 is 10.0 Å². The van der Waals surface area contributed by atoms with Crippen molar-refractivity contribution in [3.8, 4) is 11.1 Å². The Kier molecular flexibility index (Phi) is 5.58. The second-order valence-electron chi connectivity index (χ2n) is 7.43. The molecule has 0 saturated carbocycles. The fraction of sp³-hybridized carbons (Fsp3) is 0.0400. The number of hydrogen-bond donors (Lipinski definition) is 1. The van der Waals surface area contributed by atoms with Gasteiger partial charge in [-0.1, -0.05) is 60.1 Å². The van der Waals surface area contributed by atoms with Crippen LogP contribution in [-0.4, -0.2) is 22.4 Å². The largest absolute Gasteiger partial charge is 0.366 e. The number of nitrogens with zero attached hydrogens (tertiary/aromatic N) is 3. The normalized spacial score (nSPS) is 11.5. The molecule has 0 radical (unpaired) electrons. The van der Waals surface area contributed by atoms with Crippen molar-refractivity contribution in [3.05, 3.63) is 108 Å². The van der Waals surface area contributed by atoms with Crippen LogP contribution in [0.25, 0.3) is 22.2 Å². The Morgan fingerprint density at radius 1 is 0.909 bits per heavy atom. The molecule has 0 atom stereocenters. The fourth-order valence-corrected chi connectivity index (χ4v) is 5.24. The summed E-state index contributed by atoms with van der Waals surface area (Å²) in [6.45, 7) is 0.583. The number of anilines is 1. The van der Waals surface area contributed by atoms with Gasteiger partial charge in [-0.25, -0.2) is 22.4 Å². The van der Waals surface area contributed by atoms with Gasteiger partial charge in [0.15, 0.2) is 5.65 Å². The second-order valence-corrected chi connectivity index (χ2v) is 9.64. The van der Waals surface area contributed by atoms with Gasteiger partial charge in [0, 0.05) is 29.9 Å². The van der Waals surface area contributed by atoms with Crippen LogP contribution in [0.3, 0.4) is 0 Å². The Hall–Kier alpha value is -3.68. The Labute approximate surface area is 196 Å². The van der Waals surface area contributed by atoms with Crippen LogP contribution in [-0.2, 0) is 16.6 Å². The first-order valence-corrected chi connectivity index (χ1v) is 12.1. The lowest BCUT2D eigenvalue weighted by Crippen LogP contribution is -2.12. The SMILES string of the molecule is O=S(=O)(c1ccccc1)n1cc(-c2cc(Cl)nc(NCc3ccccc3)c2)c2cccnc21. The van der Waals surface area contributed by atoms with Crippen molar-refractivity contribution in [2.24, 2.45) is 0 Å². The minimum absolute atomic E-state index is 0.192. The summed E-state index contributed by atoms with van der Waals surface area (Å²) < 4.78 is 27.9. The van der Waals surface area contributed by atoms with Crippen molar-refractivity contribution >= 4 is 38.5 Å². The standard InChI is InChI=1S/C25H19ClN4O2S/c26-23-14-19(15-24(29-23)28-16-18-8-3-1-4-9-18)22-17-30(25-21(22)12-7-13-27-25)33(31,32)20-10-5-2-6-11-20/h1-15,17H,16H2,(H,28,29). The Morgan fingerprint density at radius 3 is 2.39 bits per heavy atom. The second kappa shape index (κ2) is 8.69. The van der Waals surface area contributed by atoms with Crippen molar-refractivity contribution in [2.45, 2.75) is 11.4 Å². The zero-order chi connectivity index (χ0) is 22.8. The molecule has 164 valence electrons. The lowest BCUT2D eigenvalue weighted by Gasteiger charge is -2.09. The molecule has 8 heteroatoms. The van der Waals surface area contributed by atoms with E-state index in [1.807, 2.05) is 42.5 Å². The number of hydrogen-bond acceptors (Lipinski definition) is 5. The predicted molar refractivity (Wildman–Crippen MR) is 131 cm³/mol. The number of halogens is 1. The maximum Gasteiger partial charge on any atom is 0.269 e. The maximum absolute atomic E-state index is 13.4. The lowest BCUT2D eigenvalue weighted by atomic mass is 10.1. The van der Waals surface area contributed by atoms with Gasteiger partial charge >= 0.3 is 0 Å². The highest BCUT2D eigenvalue weighted by molar-refractivity contribution is 7.90. The smallest absolute Gasteiger partial charge is 0.269 e. The molecular formula is C25H19ClN4O2S. The third kappa shape index (κ3) is 4.20. The van der Waals surface area contributed by atoms with E-state index in [-0.39, 0.29) is 4.90 Å². The summed E-state index contributed by atoms with van der Waals surface area (Å²) in [5, 5.41) is 4.29. The van der Waals surface area contributed by atoms with E-state index in [0.29, 0.717) is 34.1 Å². The van der Waals surface area contributed by atoms with Gasteiger partial charge in [-0.05, 0) is 47.5 Å². The monoisotopic (exact) mass is 474 g/mol. The first-order valence-electron chi connectivity index (χ1n) is 10.2. The maximum atomic E-state index is 13.4. The minimum atomic E-state index is -3.83. The van der Waals surface area contributed by atoms with Crippen molar-refractivity contribution in [1.29, 1.82) is 0 Å². The molecule has 33 heavy (non-hydrogen) atoms. The van der Waals surface area contributed by atoms with Crippen LogP contribution in [0.5, 0.6) is 0 Å². The topological polar surface area (TPSA) is 76.9 Å². The van der Waals surface area contributed by atoms with Gasteiger partial charge < -0.3 is 5.32 Å². The van der Waals surface area contributed by atoms with Gasteiger partial charge in [0.25, 0.3) is 10.0 Å². The van der Waals surface area contributed by atoms with Crippen molar-refractivity contribution in [1.82, 2.24) is 13.9 Å².